The van der Waals surface area contributed by atoms with Gasteiger partial charge in [-0.3, -0.25) is 4.98 Å². The molecule has 37 heavy (non-hydrogen) atoms. The van der Waals surface area contributed by atoms with Gasteiger partial charge in [-0.1, -0.05) is 52.0 Å². The van der Waals surface area contributed by atoms with E-state index in [0.29, 0.717) is 11.8 Å². The second-order valence-electron chi connectivity index (χ2n) is 10.9. The smallest absolute Gasteiger partial charge is 0.264 e. The lowest BCUT2D eigenvalue weighted by Crippen LogP contribution is -2.36. The minimum atomic E-state index is 0.361. The lowest BCUT2D eigenvalue weighted by Gasteiger charge is -2.20. The highest BCUT2D eigenvalue weighted by atomic mass is 32.1. The van der Waals surface area contributed by atoms with Gasteiger partial charge in [0.1, 0.15) is 5.69 Å². The first kappa shape index (κ1) is 23.9. The number of nitrogens with zero attached hydrogens (tertiary/aromatic N) is 3. The number of pyridine rings is 1. The lowest BCUT2D eigenvalue weighted by atomic mass is 9.90. The number of hydrogen-bond donors (Lipinski definition) is 0. The maximum Gasteiger partial charge on any atom is 0.296 e. The third kappa shape index (κ3) is 3.61. The Morgan fingerprint density at radius 3 is 2.41 bits per heavy atom. The molecule has 4 heteroatoms. The van der Waals surface area contributed by atoms with Crippen LogP contribution in [-0.2, 0) is 7.05 Å². The maximum absolute atomic E-state index is 4.55. The van der Waals surface area contributed by atoms with Crippen molar-refractivity contribution in [2.24, 2.45) is 7.05 Å². The van der Waals surface area contributed by atoms with Crippen molar-refractivity contribution in [3.05, 3.63) is 89.2 Å². The SMILES string of the molecule is Cc1ccc2c(c1)n(C)c(-c1cnccc1C)[n+]2-c1c(C(C)C)cc2c(sc3ccccc32)c1C(C)C. The quantitative estimate of drug-likeness (QED) is 0.220. The van der Waals surface area contributed by atoms with Crippen molar-refractivity contribution in [1.82, 2.24) is 9.55 Å². The minimum Gasteiger partial charge on any atom is -0.264 e. The van der Waals surface area contributed by atoms with Crippen LogP contribution in [0.2, 0.25) is 0 Å². The third-order valence-corrected chi connectivity index (χ3v) is 8.89. The van der Waals surface area contributed by atoms with Gasteiger partial charge in [0.2, 0.25) is 0 Å². The van der Waals surface area contributed by atoms with E-state index >= 15 is 0 Å². The monoisotopic (exact) mass is 504 g/mol. The van der Waals surface area contributed by atoms with Crippen molar-refractivity contribution in [3.8, 4) is 17.1 Å². The topological polar surface area (TPSA) is 21.7 Å². The Balaban J connectivity index is 1.87. The standard InChI is InChI=1S/C33H34N3S/c1-19(2)24-17-25-23-10-8-9-11-29(23)37-32(25)30(20(3)4)31(24)36-27-13-12-21(5)16-28(27)35(7)33(36)26-18-34-15-14-22(26)6/h8-20H,1-7H3/q+1. The van der Waals surface area contributed by atoms with E-state index in [1.165, 1.54) is 70.5 Å². The Bertz CT molecular complexity index is 1820. The van der Waals surface area contributed by atoms with Crippen LogP contribution in [0.4, 0.5) is 0 Å². The van der Waals surface area contributed by atoms with Gasteiger partial charge in [0.25, 0.3) is 5.82 Å². The van der Waals surface area contributed by atoms with Crippen molar-refractivity contribution in [1.29, 1.82) is 0 Å². The number of fused-ring (bicyclic) bond motifs is 4. The Kier molecular flexibility index (Phi) is 5.68. The van der Waals surface area contributed by atoms with E-state index in [4.69, 9.17) is 0 Å². The van der Waals surface area contributed by atoms with Crippen LogP contribution in [0.1, 0.15) is 61.8 Å². The van der Waals surface area contributed by atoms with E-state index in [0.717, 1.165) is 0 Å². The highest BCUT2D eigenvalue weighted by Crippen LogP contribution is 2.44. The highest BCUT2D eigenvalue weighted by molar-refractivity contribution is 7.26. The van der Waals surface area contributed by atoms with Gasteiger partial charge in [-0.15, -0.1) is 11.3 Å². The summed E-state index contributed by atoms with van der Waals surface area (Å²) >= 11 is 1.93. The van der Waals surface area contributed by atoms with Crippen LogP contribution < -0.4 is 4.57 Å². The zero-order valence-corrected chi connectivity index (χ0v) is 23.6. The second-order valence-corrected chi connectivity index (χ2v) is 12.0. The number of aryl methyl sites for hydroxylation is 3. The fourth-order valence-corrected chi connectivity index (χ4v) is 7.19. The van der Waals surface area contributed by atoms with Crippen molar-refractivity contribution in [3.63, 3.8) is 0 Å². The predicted molar refractivity (Wildman–Crippen MR) is 158 cm³/mol. The summed E-state index contributed by atoms with van der Waals surface area (Å²) in [6.45, 7) is 13.7. The maximum atomic E-state index is 4.55. The van der Waals surface area contributed by atoms with Crippen LogP contribution in [0.3, 0.4) is 0 Å². The molecule has 0 saturated heterocycles. The molecule has 3 aromatic heterocycles. The molecule has 3 heterocycles. The summed E-state index contributed by atoms with van der Waals surface area (Å²) < 4.78 is 7.65. The number of rotatable bonds is 4. The largest absolute Gasteiger partial charge is 0.296 e. The molecule has 0 bridgehead atoms. The Morgan fingerprint density at radius 2 is 1.68 bits per heavy atom. The Morgan fingerprint density at radius 1 is 0.892 bits per heavy atom. The first-order chi connectivity index (χ1) is 17.8. The van der Waals surface area contributed by atoms with E-state index in [9.17, 15) is 0 Å². The molecule has 0 aliphatic carbocycles. The number of thiophene rings is 1. The molecular weight excluding hydrogens is 470 g/mol. The molecule has 0 spiro atoms. The molecule has 0 saturated carbocycles. The summed E-state index contributed by atoms with van der Waals surface area (Å²) in [5.41, 5.74) is 10.3. The van der Waals surface area contributed by atoms with Gasteiger partial charge in [-0.05, 0) is 67.1 Å². The molecule has 0 aliphatic heterocycles. The molecule has 6 aromatic rings. The molecule has 0 atom stereocenters. The van der Waals surface area contributed by atoms with Crippen molar-refractivity contribution < 1.29 is 4.57 Å². The van der Waals surface area contributed by atoms with E-state index in [-0.39, 0.29) is 0 Å². The number of benzene rings is 3. The molecule has 3 nitrogen and oxygen atoms in total. The third-order valence-electron chi connectivity index (χ3n) is 7.67. The van der Waals surface area contributed by atoms with Crippen LogP contribution in [0.15, 0.2) is 67.0 Å². The first-order valence-corrected chi connectivity index (χ1v) is 14.0. The molecule has 0 N–H and O–H groups in total. The van der Waals surface area contributed by atoms with E-state index in [1.54, 1.807) is 0 Å². The summed E-state index contributed by atoms with van der Waals surface area (Å²) in [5.74, 6) is 1.90. The fraction of sp³-hybridized carbons (Fsp3) is 0.273. The van der Waals surface area contributed by atoms with E-state index in [2.05, 4.69) is 117 Å². The molecule has 0 unspecified atom stereocenters. The van der Waals surface area contributed by atoms with Gasteiger partial charge in [-0.2, -0.15) is 4.57 Å². The van der Waals surface area contributed by atoms with Crippen LogP contribution in [0.25, 0.3) is 48.3 Å². The highest BCUT2D eigenvalue weighted by Gasteiger charge is 2.33. The average Bonchev–Trinajstić information content (AvgIpc) is 3.37. The Labute approximate surface area is 223 Å². The van der Waals surface area contributed by atoms with E-state index < -0.39 is 0 Å². The number of hydrogen-bond acceptors (Lipinski definition) is 2. The molecule has 186 valence electrons. The molecule has 0 aliphatic rings. The fourth-order valence-electron chi connectivity index (χ4n) is 5.82. The number of aromatic nitrogens is 3. The summed E-state index contributed by atoms with van der Waals surface area (Å²) in [7, 11) is 2.20. The van der Waals surface area contributed by atoms with Crippen molar-refractivity contribution in [2.45, 2.75) is 53.4 Å². The predicted octanol–water partition coefficient (Wildman–Crippen LogP) is 8.75. The molecule has 0 fully saturated rings. The summed E-state index contributed by atoms with van der Waals surface area (Å²) in [6.07, 6.45) is 3.91. The zero-order chi connectivity index (χ0) is 26.0. The van der Waals surface area contributed by atoms with Crippen LogP contribution in [-0.4, -0.2) is 9.55 Å². The van der Waals surface area contributed by atoms with Gasteiger partial charge in [0, 0.05) is 43.7 Å². The lowest BCUT2D eigenvalue weighted by molar-refractivity contribution is -0.557. The normalized spacial score (nSPS) is 12.1. The zero-order valence-electron chi connectivity index (χ0n) is 22.8. The van der Waals surface area contributed by atoms with Gasteiger partial charge in [0.15, 0.2) is 11.0 Å². The molecule has 0 radical (unpaired) electrons. The first-order valence-electron chi connectivity index (χ1n) is 13.2. The van der Waals surface area contributed by atoms with Crippen LogP contribution >= 0.6 is 11.3 Å². The number of imidazole rings is 1. The molecule has 3 aromatic carbocycles. The summed E-state index contributed by atoms with van der Waals surface area (Å²) in [5, 5.41) is 2.74. The molecular formula is C33H34N3S+. The van der Waals surface area contributed by atoms with E-state index in [1.807, 2.05) is 23.7 Å². The molecule has 0 amide bonds. The second kappa shape index (κ2) is 8.81. The van der Waals surface area contributed by atoms with Crippen LogP contribution in [0.5, 0.6) is 0 Å². The van der Waals surface area contributed by atoms with Crippen LogP contribution in [0, 0.1) is 13.8 Å². The minimum absolute atomic E-state index is 0.361. The Hall–Kier alpha value is -3.50. The van der Waals surface area contributed by atoms with Gasteiger partial charge in [0.05, 0.1) is 12.6 Å². The summed E-state index contributed by atoms with van der Waals surface area (Å²) in [4.78, 5) is 4.55. The average molecular weight is 505 g/mol. The van der Waals surface area contributed by atoms with Gasteiger partial charge >= 0.3 is 0 Å². The molecule has 6 rings (SSSR count). The van der Waals surface area contributed by atoms with Gasteiger partial charge in [-0.25, -0.2) is 4.57 Å². The van der Waals surface area contributed by atoms with Gasteiger partial charge < -0.3 is 0 Å². The summed E-state index contributed by atoms with van der Waals surface area (Å²) in [6, 6.07) is 20.3. The van der Waals surface area contributed by atoms with Crippen molar-refractivity contribution in [2.75, 3.05) is 0 Å². The van der Waals surface area contributed by atoms with Crippen molar-refractivity contribution >= 4 is 42.5 Å².